The fourth-order valence-corrected chi connectivity index (χ4v) is 1.92. The Morgan fingerprint density at radius 2 is 1.85 bits per heavy atom. The molecule has 7 heteroatoms. The Morgan fingerprint density at radius 3 is 2.50 bits per heavy atom. The number of benzene rings is 1. The molecule has 112 valence electrons. The molecule has 0 aromatic heterocycles. The maximum Gasteiger partial charge on any atom is 0.220 e. The van der Waals surface area contributed by atoms with Gasteiger partial charge in [-0.1, -0.05) is 30.3 Å². The lowest BCUT2D eigenvalue weighted by Gasteiger charge is -2.18. The summed E-state index contributed by atoms with van der Waals surface area (Å²) >= 11 is 0. The van der Waals surface area contributed by atoms with Gasteiger partial charge in [-0.2, -0.15) is 0 Å². The fourth-order valence-electron chi connectivity index (χ4n) is 1.92. The van der Waals surface area contributed by atoms with Gasteiger partial charge >= 0.3 is 0 Å². The normalized spacial score (nSPS) is 31.4. The lowest BCUT2D eigenvalue weighted by atomic mass is 10.1. The maximum absolute atomic E-state index is 9.70. The molecule has 1 aromatic carbocycles. The smallest absolute Gasteiger partial charge is 0.220 e. The molecule has 1 aliphatic rings. The van der Waals surface area contributed by atoms with Crippen LogP contribution in [0.3, 0.4) is 0 Å². The lowest BCUT2D eigenvalue weighted by Crippen LogP contribution is -2.40. The van der Waals surface area contributed by atoms with Crippen molar-refractivity contribution in [2.75, 3.05) is 6.61 Å². The van der Waals surface area contributed by atoms with Gasteiger partial charge in [-0.15, -0.1) is 0 Å². The van der Waals surface area contributed by atoms with Gasteiger partial charge in [0.2, 0.25) is 6.29 Å². The summed E-state index contributed by atoms with van der Waals surface area (Å²) in [6.07, 6.45) is -6.37. The Balaban J connectivity index is 1.81. The number of hydrogen-bond donors (Lipinski definition) is 4. The van der Waals surface area contributed by atoms with E-state index in [9.17, 15) is 15.3 Å². The average molecular weight is 286 g/mol. The van der Waals surface area contributed by atoms with Gasteiger partial charge in [0.05, 0.1) is 6.61 Å². The predicted octanol–water partition coefficient (Wildman–Crippen LogP) is -1.07. The highest BCUT2D eigenvalue weighted by Gasteiger charge is 2.47. The van der Waals surface area contributed by atoms with Gasteiger partial charge in [0, 0.05) is 0 Å². The van der Waals surface area contributed by atoms with Crippen molar-refractivity contribution >= 4 is 0 Å². The van der Waals surface area contributed by atoms with Crippen LogP contribution in [0.2, 0.25) is 0 Å². The minimum absolute atomic E-state index is 0.150. The topological polar surface area (TPSA) is 109 Å². The highest BCUT2D eigenvalue weighted by molar-refractivity contribution is 5.13. The summed E-state index contributed by atoms with van der Waals surface area (Å²) in [4.78, 5) is 9.83. The zero-order valence-electron chi connectivity index (χ0n) is 10.7. The van der Waals surface area contributed by atoms with Crippen LogP contribution >= 0.6 is 0 Å². The van der Waals surface area contributed by atoms with Gasteiger partial charge in [-0.25, -0.2) is 9.78 Å². The fraction of sp³-hybridized carbons (Fsp3) is 0.538. The van der Waals surface area contributed by atoms with E-state index in [2.05, 4.69) is 0 Å². The molecule has 1 heterocycles. The number of ether oxygens (including phenoxy) is 1. The molecule has 1 aliphatic heterocycles. The average Bonchev–Trinajstić information content (AvgIpc) is 2.76. The van der Waals surface area contributed by atoms with E-state index in [1.54, 1.807) is 0 Å². The summed E-state index contributed by atoms with van der Waals surface area (Å²) in [6.45, 7) is -0.442. The first-order chi connectivity index (χ1) is 9.63. The van der Waals surface area contributed by atoms with Crippen molar-refractivity contribution in [3.05, 3.63) is 35.9 Å². The van der Waals surface area contributed by atoms with Gasteiger partial charge in [0.1, 0.15) is 31.0 Å². The molecule has 4 N–H and O–H groups in total. The molecule has 5 atom stereocenters. The second-order valence-corrected chi connectivity index (χ2v) is 4.54. The van der Waals surface area contributed by atoms with Crippen molar-refractivity contribution in [1.82, 2.24) is 0 Å². The van der Waals surface area contributed by atoms with Crippen LogP contribution in [0.25, 0.3) is 0 Å². The van der Waals surface area contributed by atoms with Crippen LogP contribution in [0.5, 0.6) is 0 Å². The first-order valence-electron chi connectivity index (χ1n) is 6.26. The summed E-state index contributed by atoms with van der Waals surface area (Å²) < 4.78 is 5.12. The minimum Gasteiger partial charge on any atom is -0.394 e. The number of rotatable bonds is 6. The molecule has 0 amide bonds. The van der Waals surface area contributed by atoms with E-state index >= 15 is 0 Å². The first kappa shape index (κ1) is 15.3. The van der Waals surface area contributed by atoms with Crippen molar-refractivity contribution in [2.24, 2.45) is 0 Å². The van der Waals surface area contributed by atoms with E-state index in [1.165, 1.54) is 0 Å². The summed E-state index contributed by atoms with van der Waals surface area (Å²) in [5, 5.41) is 37.6. The zero-order chi connectivity index (χ0) is 14.5. The van der Waals surface area contributed by atoms with Crippen molar-refractivity contribution < 1.29 is 34.9 Å². The van der Waals surface area contributed by atoms with Crippen LogP contribution in [0.15, 0.2) is 30.3 Å². The summed E-state index contributed by atoms with van der Waals surface area (Å²) in [7, 11) is 0. The van der Waals surface area contributed by atoms with E-state index in [-0.39, 0.29) is 6.61 Å². The molecule has 2 unspecified atom stereocenters. The molecule has 0 spiro atoms. The Bertz CT molecular complexity index is 399. The van der Waals surface area contributed by atoms with Crippen molar-refractivity contribution in [3.63, 3.8) is 0 Å². The van der Waals surface area contributed by atoms with Crippen LogP contribution in [-0.4, -0.2) is 57.7 Å². The van der Waals surface area contributed by atoms with Crippen molar-refractivity contribution in [2.45, 2.75) is 37.3 Å². The molecule has 1 aromatic rings. The van der Waals surface area contributed by atoms with Gasteiger partial charge < -0.3 is 25.2 Å². The number of aliphatic hydroxyl groups is 4. The van der Waals surface area contributed by atoms with Crippen LogP contribution in [0.1, 0.15) is 5.56 Å². The van der Waals surface area contributed by atoms with Crippen LogP contribution < -0.4 is 0 Å². The van der Waals surface area contributed by atoms with E-state index in [4.69, 9.17) is 19.6 Å². The van der Waals surface area contributed by atoms with E-state index in [1.807, 2.05) is 30.3 Å². The van der Waals surface area contributed by atoms with Crippen LogP contribution in [-0.2, 0) is 21.1 Å². The molecule has 7 nitrogen and oxygen atoms in total. The molecule has 0 aliphatic carbocycles. The highest BCUT2D eigenvalue weighted by atomic mass is 17.2. The summed E-state index contributed by atoms with van der Waals surface area (Å²) in [5.74, 6) is 0. The summed E-state index contributed by atoms with van der Waals surface area (Å²) in [6, 6.07) is 9.23. The molecular formula is C13H18O7. The monoisotopic (exact) mass is 286 g/mol. The quantitative estimate of drug-likeness (QED) is 0.390. The van der Waals surface area contributed by atoms with Crippen molar-refractivity contribution in [3.8, 4) is 0 Å². The molecular weight excluding hydrogens is 268 g/mol. The molecule has 0 radical (unpaired) electrons. The zero-order valence-corrected chi connectivity index (χ0v) is 10.7. The van der Waals surface area contributed by atoms with Gasteiger partial charge in [-0.05, 0) is 5.56 Å². The van der Waals surface area contributed by atoms with Gasteiger partial charge in [0.25, 0.3) is 0 Å². The van der Waals surface area contributed by atoms with Crippen LogP contribution in [0.4, 0.5) is 0 Å². The number of aliphatic hydroxyl groups excluding tert-OH is 4. The number of hydrogen-bond acceptors (Lipinski definition) is 7. The molecule has 0 saturated carbocycles. The second kappa shape index (κ2) is 7.09. The Labute approximate surface area is 115 Å². The third-order valence-corrected chi connectivity index (χ3v) is 3.05. The maximum atomic E-state index is 9.70. The molecule has 1 saturated heterocycles. The SMILES string of the molecule is OCC(O)[C@H]1OC(OOCc2ccccc2)[C@H](O)[C@H]1O. The van der Waals surface area contributed by atoms with E-state index in [0.717, 1.165) is 5.56 Å². The first-order valence-corrected chi connectivity index (χ1v) is 6.26. The highest BCUT2D eigenvalue weighted by Crippen LogP contribution is 2.25. The molecule has 2 rings (SSSR count). The van der Waals surface area contributed by atoms with Crippen LogP contribution in [0, 0.1) is 0 Å². The second-order valence-electron chi connectivity index (χ2n) is 4.54. The molecule has 20 heavy (non-hydrogen) atoms. The minimum atomic E-state index is -1.36. The predicted molar refractivity (Wildman–Crippen MR) is 66.1 cm³/mol. The third kappa shape index (κ3) is 3.53. The third-order valence-electron chi connectivity index (χ3n) is 3.05. The Kier molecular flexibility index (Phi) is 5.44. The largest absolute Gasteiger partial charge is 0.394 e. The summed E-state index contributed by atoms with van der Waals surface area (Å²) in [5.41, 5.74) is 0.868. The van der Waals surface area contributed by atoms with Gasteiger partial charge in [-0.3, -0.25) is 0 Å². The van der Waals surface area contributed by atoms with Crippen molar-refractivity contribution in [1.29, 1.82) is 0 Å². The standard InChI is InChI=1S/C13H18O7/c14-6-9(15)12-10(16)11(17)13(19-12)20-18-7-8-4-2-1-3-5-8/h1-5,9-17H,6-7H2/t9?,10-,11-,12-,13?/m1/s1. The van der Waals surface area contributed by atoms with E-state index < -0.39 is 37.3 Å². The Morgan fingerprint density at radius 1 is 1.15 bits per heavy atom. The lowest BCUT2D eigenvalue weighted by molar-refractivity contribution is -0.393. The Hall–Kier alpha value is -1.06. The van der Waals surface area contributed by atoms with E-state index in [0.29, 0.717) is 0 Å². The van der Waals surface area contributed by atoms with Gasteiger partial charge in [0.15, 0.2) is 0 Å². The molecule has 1 fully saturated rings. The molecule has 0 bridgehead atoms.